The molecule has 0 unspecified atom stereocenters. The monoisotopic (exact) mass is 164 g/mol. The minimum Gasteiger partial charge on any atom is -0.665 e. The van der Waals surface area contributed by atoms with E-state index in [0.29, 0.717) is 0 Å². The second-order valence-electron chi connectivity index (χ2n) is 2.60. The zero-order valence-corrected chi connectivity index (χ0v) is 7.58. The summed E-state index contributed by atoms with van der Waals surface area (Å²) in [5.74, 6) is 0.959. The van der Waals surface area contributed by atoms with Crippen LogP contribution in [0.2, 0.25) is 0 Å². The lowest BCUT2D eigenvalue weighted by molar-refractivity contribution is 0.410. The number of hydrogen-bond donors (Lipinski definition) is 0. The van der Waals surface area contributed by atoms with Crippen molar-refractivity contribution in [3.8, 4) is 5.75 Å². The number of methoxy groups -OCH3 is 1. The van der Waals surface area contributed by atoms with Gasteiger partial charge in [0.15, 0.2) is 0 Å². The van der Waals surface area contributed by atoms with Crippen LogP contribution in [-0.2, 0) is 6.42 Å². The molecule has 0 spiro atoms. The van der Waals surface area contributed by atoms with Crippen molar-refractivity contribution in [2.24, 2.45) is 0 Å². The third kappa shape index (κ3) is 2.24. The topological polar surface area (TPSA) is 23.3 Å². The van der Waals surface area contributed by atoms with Gasteiger partial charge in [0.2, 0.25) is 0 Å². The quantitative estimate of drug-likeness (QED) is 0.669. The standard InChI is InChI=1S/C10H14NO/c1-11-8-7-9-5-3-4-6-10(9)12-2/h3-6H,7-8H2,1-2H3/q-1. The van der Waals surface area contributed by atoms with Crippen LogP contribution in [0.5, 0.6) is 5.75 Å². The van der Waals surface area contributed by atoms with Gasteiger partial charge in [-0.05, 0) is 18.1 Å². The van der Waals surface area contributed by atoms with Crippen LogP contribution in [0.4, 0.5) is 0 Å². The predicted molar refractivity (Wildman–Crippen MR) is 50.8 cm³/mol. The van der Waals surface area contributed by atoms with Gasteiger partial charge in [0.05, 0.1) is 7.11 Å². The third-order valence-electron chi connectivity index (χ3n) is 1.80. The molecule has 66 valence electrons. The zero-order valence-electron chi connectivity index (χ0n) is 7.58. The largest absolute Gasteiger partial charge is 0.665 e. The first-order chi connectivity index (χ1) is 5.88. The highest BCUT2D eigenvalue weighted by Gasteiger charge is 1.96. The lowest BCUT2D eigenvalue weighted by Gasteiger charge is -2.12. The van der Waals surface area contributed by atoms with Crippen LogP contribution in [0.15, 0.2) is 24.3 Å². The van der Waals surface area contributed by atoms with Crippen molar-refractivity contribution in [2.45, 2.75) is 6.42 Å². The molecule has 0 saturated heterocycles. The Balaban J connectivity index is 2.68. The summed E-state index contributed by atoms with van der Waals surface area (Å²) in [5.41, 5.74) is 1.23. The first-order valence-electron chi connectivity index (χ1n) is 4.06. The average Bonchev–Trinajstić information content (AvgIpc) is 2.15. The maximum absolute atomic E-state index is 5.20. The number of nitrogens with zero attached hydrogens (tertiary/aromatic N) is 1. The summed E-state index contributed by atoms with van der Waals surface area (Å²) in [6, 6.07) is 8.05. The first-order valence-corrected chi connectivity index (χ1v) is 4.06. The molecule has 0 atom stereocenters. The van der Waals surface area contributed by atoms with E-state index in [-0.39, 0.29) is 0 Å². The number of hydrogen-bond acceptors (Lipinski definition) is 1. The number of likely N-dealkylation sites (N-methyl/N-ethyl adjacent to an activating group) is 1. The van der Waals surface area contributed by atoms with E-state index in [2.05, 4.69) is 11.4 Å². The third-order valence-corrected chi connectivity index (χ3v) is 1.80. The molecular weight excluding hydrogens is 150 g/mol. The van der Waals surface area contributed by atoms with E-state index in [0.717, 1.165) is 18.7 Å². The Morgan fingerprint density at radius 3 is 2.75 bits per heavy atom. The van der Waals surface area contributed by atoms with Crippen molar-refractivity contribution in [3.63, 3.8) is 0 Å². The fourth-order valence-corrected chi connectivity index (χ4v) is 1.14. The second-order valence-corrected chi connectivity index (χ2v) is 2.60. The summed E-state index contributed by atoms with van der Waals surface area (Å²) in [5, 5.41) is 4.05. The zero-order chi connectivity index (χ0) is 8.81. The fraction of sp³-hybridized carbons (Fsp3) is 0.400. The maximum atomic E-state index is 5.20. The Hall–Kier alpha value is -1.02. The van der Waals surface area contributed by atoms with E-state index in [9.17, 15) is 0 Å². The minimum absolute atomic E-state index is 0.861. The lowest BCUT2D eigenvalue weighted by atomic mass is 10.1. The van der Waals surface area contributed by atoms with Gasteiger partial charge in [0, 0.05) is 0 Å². The lowest BCUT2D eigenvalue weighted by Crippen LogP contribution is -1.94. The maximum Gasteiger partial charge on any atom is 0.121 e. The molecule has 1 rings (SSSR count). The van der Waals surface area contributed by atoms with Gasteiger partial charge in [-0.3, -0.25) is 0 Å². The summed E-state index contributed by atoms with van der Waals surface area (Å²) < 4.78 is 5.20. The molecule has 0 saturated carbocycles. The Morgan fingerprint density at radius 2 is 2.08 bits per heavy atom. The van der Waals surface area contributed by atoms with Crippen LogP contribution in [0.3, 0.4) is 0 Å². The first kappa shape index (κ1) is 9.07. The molecule has 0 aliphatic rings. The number of benzene rings is 1. The van der Waals surface area contributed by atoms with Gasteiger partial charge in [-0.25, -0.2) is 0 Å². The van der Waals surface area contributed by atoms with Crippen LogP contribution >= 0.6 is 0 Å². The molecule has 2 heteroatoms. The van der Waals surface area contributed by atoms with E-state index in [1.54, 1.807) is 7.11 Å². The Morgan fingerprint density at radius 1 is 1.33 bits per heavy atom. The molecule has 0 radical (unpaired) electrons. The van der Waals surface area contributed by atoms with Gasteiger partial charge < -0.3 is 10.1 Å². The van der Waals surface area contributed by atoms with Crippen molar-refractivity contribution >= 4 is 0 Å². The van der Waals surface area contributed by atoms with E-state index in [1.807, 2.05) is 25.2 Å². The van der Waals surface area contributed by atoms with Gasteiger partial charge in [0.25, 0.3) is 0 Å². The fourth-order valence-electron chi connectivity index (χ4n) is 1.14. The predicted octanol–water partition coefficient (Wildman–Crippen LogP) is 2.24. The Bertz CT molecular complexity index is 235. The highest BCUT2D eigenvalue weighted by molar-refractivity contribution is 5.33. The molecule has 0 amide bonds. The smallest absolute Gasteiger partial charge is 0.121 e. The SMILES string of the molecule is C[N-]CCc1ccccc1OC. The summed E-state index contributed by atoms with van der Waals surface area (Å²) in [4.78, 5) is 0. The Kier molecular flexibility index (Phi) is 3.61. The van der Waals surface area contributed by atoms with Crippen molar-refractivity contribution in [2.75, 3.05) is 20.7 Å². The van der Waals surface area contributed by atoms with Gasteiger partial charge in [-0.2, -0.15) is 7.05 Å². The van der Waals surface area contributed by atoms with E-state index < -0.39 is 0 Å². The van der Waals surface area contributed by atoms with Gasteiger partial charge in [-0.1, -0.05) is 18.2 Å². The van der Waals surface area contributed by atoms with Crippen LogP contribution in [-0.4, -0.2) is 20.7 Å². The summed E-state index contributed by atoms with van der Waals surface area (Å²) in [7, 11) is 3.53. The van der Waals surface area contributed by atoms with Crippen LogP contribution in [0.25, 0.3) is 5.32 Å². The number of ether oxygens (including phenoxy) is 1. The normalized spacial score (nSPS) is 9.83. The van der Waals surface area contributed by atoms with Gasteiger partial charge in [-0.15, -0.1) is 6.54 Å². The summed E-state index contributed by atoms with van der Waals surface area (Å²) in [6.45, 7) is 0.861. The molecule has 12 heavy (non-hydrogen) atoms. The van der Waals surface area contributed by atoms with Crippen LogP contribution < -0.4 is 4.74 Å². The molecule has 0 bridgehead atoms. The molecule has 2 nitrogen and oxygen atoms in total. The summed E-state index contributed by atoms with van der Waals surface area (Å²) >= 11 is 0. The number of rotatable bonds is 4. The molecule has 1 aromatic carbocycles. The molecule has 0 heterocycles. The molecule has 0 aliphatic heterocycles. The molecule has 0 fully saturated rings. The van der Waals surface area contributed by atoms with Crippen LogP contribution in [0.1, 0.15) is 5.56 Å². The van der Waals surface area contributed by atoms with Gasteiger partial charge >= 0.3 is 0 Å². The van der Waals surface area contributed by atoms with Crippen molar-refractivity contribution in [1.29, 1.82) is 0 Å². The van der Waals surface area contributed by atoms with Crippen molar-refractivity contribution < 1.29 is 4.74 Å². The molecule has 1 aromatic rings. The highest BCUT2D eigenvalue weighted by atomic mass is 16.5. The van der Waals surface area contributed by atoms with Gasteiger partial charge in [0.1, 0.15) is 5.75 Å². The number of para-hydroxylation sites is 1. The molecule has 0 aliphatic carbocycles. The minimum atomic E-state index is 0.861. The van der Waals surface area contributed by atoms with E-state index in [4.69, 9.17) is 4.74 Å². The van der Waals surface area contributed by atoms with E-state index >= 15 is 0 Å². The van der Waals surface area contributed by atoms with Crippen molar-refractivity contribution in [1.82, 2.24) is 0 Å². The van der Waals surface area contributed by atoms with Crippen LogP contribution in [0, 0.1) is 0 Å². The molecule has 0 N–H and O–H groups in total. The highest BCUT2D eigenvalue weighted by Crippen LogP contribution is 2.17. The Labute approximate surface area is 73.6 Å². The van der Waals surface area contributed by atoms with E-state index in [1.165, 1.54) is 5.56 Å². The second kappa shape index (κ2) is 4.78. The molecule has 0 aromatic heterocycles. The molecular formula is C10H14NO-. The summed E-state index contributed by atoms with van der Waals surface area (Å²) in [6.07, 6.45) is 0.959. The average molecular weight is 164 g/mol. The van der Waals surface area contributed by atoms with Crippen molar-refractivity contribution in [3.05, 3.63) is 35.1 Å².